The average Bonchev–Trinajstić information content (AvgIpc) is 2.65. The van der Waals surface area contributed by atoms with E-state index in [1.807, 2.05) is 25.1 Å². The van der Waals surface area contributed by atoms with E-state index >= 15 is 0 Å². The van der Waals surface area contributed by atoms with E-state index in [2.05, 4.69) is 26.8 Å². The zero-order valence-corrected chi connectivity index (χ0v) is 16.9. The van der Waals surface area contributed by atoms with Gasteiger partial charge in [-0.25, -0.2) is 4.79 Å². The molecule has 2 aromatic rings. The number of benzene rings is 2. The van der Waals surface area contributed by atoms with Crippen molar-refractivity contribution in [2.45, 2.75) is 33.1 Å². The number of carbonyl (C=O) groups is 1. The van der Waals surface area contributed by atoms with Crippen molar-refractivity contribution in [1.29, 1.82) is 5.26 Å². The number of methoxy groups -OCH3 is 1. The number of esters is 1. The number of aryl methyl sites for hydroxylation is 1. The molecule has 0 bridgehead atoms. The van der Waals surface area contributed by atoms with Crippen LogP contribution in [0, 0.1) is 18.3 Å². The number of hydrogen-bond donors (Lipinski definition) is 0. The minimum absolute atomic E-state index is 0.110. The quantitative estimate of drug-likeness (QED) is 0.409. The van der Waals surface area contributed by atoms with Gasteiger partial charge in [0, 0.05) is 6.08 Å². The molecule has 0 aliphatic carbocycles. The molecule has 0 unspecified atom stereocenters. The molecule has 0 spiro atoms. The van der Waals surface area contributed by atoms with E-state index in [9.17, 15) is 4.79 Å². The fraction of sp³-hybridized carbons (Fsp3) is 0.304. The molecule has 0 saturated carbocycles. The lowest BCUT2D eigenvalue weighted by Crippen LogP contribution is -2.20. The Morgan fingerprint density at radius 1 is 1.11 bits per heavy atom. The van der Waals surface area contributed by atoms with Crippen LogP contribution in [-0.2, 0) is 10.2 Å². The lowest BCUT2D eigenvalue weighted by atomic mass is 9.85. The maximum absolute atomic E-state index is 12.3. The first-order valence-electron chi connectivity index (χ1n) is 8.93. The highest BCUT2D eigenvalue weighted by atomic mass is 16.6. The smallest absolute Gasteiger partial charge is 0.349 e. The van der Waals surface area contributed by atoms with Gasteiger partial charge >= 0.3 is 5.97 Å². The third-order valence-corrected chi connectivity index (χ3v) is 4.05. The second kappa shape index (κ2) is 9.09. The van der Waals surface area contributed by atoms with Crippen LogP contribution in [0.15, 0.2) is 42.5 Å². The second-order valence-electron chi connectivity index (χ2n) is 7.39. The van der Waals surface area contributed by atoms with E-state index in [-0.39, 0.29) is 12.0 Å². The summed E-state index contributed by atoms with van der Waals surface area (Å²) in [5, 5.41) is 8.61. The van der Waals surface area contributed by atoms with Gasteiger partial charge in [-0.2, -0.15) is 5.26 Å². The standard InChI is InChI=1S/C23H25NO4/c1-16-8-10-19(18(13-16)23(2,3)4)27-15-22(25)28-20-11-9-17(7-6-12-24)14-21(20)26-5/h6-11,13-14H,15H2,1-5H3/b7-6-. The van der Waals surface area contributed by atoms with E-state index in [4.69, 9.17) is 19.5 Å². The summed E-state index contributed by atoms with van der Waals surface area (Å²) in [5.41, 5.74) is 2.83. The number of ether oxygens (including phenoxy) is 3. The van der Waals surface area contributed by atoms with E-state index in [0.29, 0.717) is 17.2 Å². The van der Waals surface area contributed by atoms with Crippen LogP contribution < -0.4 is 14.2 Å². The zero-order chi connectivity index (χ0) is 20.7. The number of rotatable bonds is 6. The highest BCUT2D eigenvalue weighted by Gasteiger charge is 2.20. The summed E-state index contributed by atoms with van der Waals surface area (Å²) in [6.07, 6.45) is 3.01. The van der Waals surface area contributed by atoms with Gasteiger partial charge in [0.15, 0.2) is 18.1 Å². The summed E-state index contributed by atoms with van der Waals surface area (Å²) >= 11 is 0. The van der Waals surface area contributed by atoms with Gasteiger partial charge in [0.2, 0.25) is 0 Å². The Morgan fingerprint density at radius 2 is 1.82 bits per heavy atom. The Bertz CT molecular complexity index is 917. The monoisotopic (exact) mass is 379 g/mol. The summed E-state index contributed by atoms with van der Waals surface area (Å²) < 4.78 is 16.4. The number of carbonyl (C=O) groups excluding carboxylic acids is 1. The molecule has 0 heterocycles. The van der Waals surface area contributed by atoms with Crippen LogP contribution in [0.25, 0.3) is 6.08 Å². The maximum atomic E-state index is 12.3. The van der Waals surface area contributed by atoms with Crippen LogP contribution in [0.2, 0.25) is 0 Å². The number of allylic oxidation sites excluding steroid dienone is 1. The minimum Gasteiger partial charge on any atom is -0.493 e. The van der Waals surface area contributed by atoms with Crippen molar-refractivity contribution in [1.82, 2.24) is 0 Å². The van der Waals surface area contributed by atoms with Gasteiger partial charge in [0.1, 0.15) is 5.75 Å². The predicted molar refractivity (Wildman–Crippen MR) is 109 cm³/mol. The molecule has 0 amide bonds. The van der Waals surface area contributed by atoms with E-state index in [0.717, 1.165) is 16.7 Å². The third-order valence-electron chi connectivity index (χ3n) is 4.05. The number of nitrogens with zero attached hydrogens (tertiary/aromatic N) is 1. The fourth-order valence-corrected chi connectivity index (χ4v) is 2.65. The maximum Gasteiger partial charge on any atom is 0.349 e. The van der Waals surface area contributed by atoms with Gasteiger partial charge in [0.05, 0.1) is 13.2 Å². The molecule has 2 aromatic carbocycles. The molecule has 5 nitrogen and oxygen atoms in total. The molecule has 28 heavy (non-hydrogen) atoms. The molecule has 0 N–H and O–H groups in total. The van der Waals surface area contributed by atoms with Crippen molar-refractivity contribution in [3.05, 3.63) is 59.2 Å². The number of hydrogen-bond acceptors (Lipinski definition) is 5. The molecule has 0 saturated heterocycles. The zero-order valence-electron chi connectivity index (χ0n) is 16.9. The van der Waals surface area contributed by atoms with E-state index in [1.165, 1.54) is 13.2 Å². The molecule has 0 radical (unpaired) electrons. The van der Waals surface area contributed by atoms with Crippen LogP contribution in [0.4, 0.5) is 0 Å². The van der Waals surface area contributed by atoms with Gasteiger partial charge < -0.3 is 14.2 Å². The summed E-state index contributed by atoms with van der Waals surface area (Å²) in [6, 6.07) is 12.9. The lowest BCUT2D eigenvalue weighted by molar-refractivity contribution is -0.136. The van der Waals surface area contributed by atoms with Gasteiger partial charge in [-0.3, -0.25) is 0 Å². The molecule has 5 heteroatoms. The van der Waals surface area contributed by atoms with Crippen molar-refractivity contribution in [2.24, 2.45) is 0 Å². The van der Waals surface area contributed by atoms with Crippen LogP contribution in [-0.4, -0.2) is 19.7 Å². The van der Waals surface area contributed by atoms with E-state index < -0.39 is 5.97 Å². The Labute approximate surface area is 166 Å². The summed E-state index contributed by atoms with van der Waals surface area (Å²) in [5.74, 6) is 0.836. The molecule has 0 atom stereocenters. The van der Waals surface area contributed by atoms with Gasteiger partial charge in [-0.15, -0.1) is 0 Å². The first-order chi connectivity index (χ1) is 13.2. The molecule has 0 fully saturated rings. The Kier molecular flexibility index (Phi) is 6.84. The fourth-order valence-electron chi connectivity index (χ4n) is 2.65. The predicted octanol–water partition coefficient (Wildman–Crippen LogP) is 4.82. The molecular weight excluding hydrogens is 354 g/mol. The Morgan fingerprint density at radius 3 is 2.46 bits per heavy atom. The molecule has 2 rings (SSSR count). The first kappa shape index (κ1) is 21.0. The average molecular weight is 379 g/mol. The normalized spacial score (nSPS) is 11.1. The van der Waals surface area contributed by atoms with Gasteiger partial charge in [-0.05, 0) is 47.7 Å². The molecule has 146 valence electrons. The molecule has 0 aromatic heterocycles. The van der Waals surface area contributed by atoms with Crippen LogP contribution in [0.5, 0.6) is 17.2 Å². The lowest BCUT2D eigenvalue weighted by Gasteiger charge is -2.23. The molecule has 0 aliphatic heterocycles. The van der Waals surface area contributed by atoms with Gasteiger partial charge in [0.25, 0.3) is 0 Å². The SMILES string of the molecule is COc1cc(/C=C\C#N)ccc1OC(=O)COc1ccc(C)cc1C(C)(C)C. The number of nitriles is 1. The van der Waals surface area contributed by atoms with Crippen molar-refractivity contribution >= 4 is 12.0 Å². The third kappa shape index (κ3) is 5.62. The van der Waals surface area contributed by atoms with Crippen LogP contribution in [0.1, 0.15) is 37.5 Å². The summed E-state index contributed by atoms with van der Waals surface area (Å²) in [6.45, 7) is 8.10. The van der Waals surface area contributed by atoms with E-state index in [1.54, 1.807) is 24.3 Å². The largest absolute Gasteiger partial charge is 0.493 e. The van der Waals surface area contributed by atoms with Crippen LogP contribution >= 0.6 is 0 Å². The van der Waals surface area contributed by atoms with Crippen molar-refractivity contribution in [3.8, 4) is 23.3 Å². The topological polar surface area (TPSA) is 68.5 Å². The highest BCUT2D eigenvalue weighted by Crippen LogP contribution is 2.32. The second-order valence-corrected chi connectivity index (χ2v) is 7.39. The van der Waals surface area contributed by atoms with Gasteiger partial charge in [-0.1, -0.05) is 44.5 Å². The Balaban J connectivity index is 2.10. The van der Waals surface area contributed by atoms with Crippen molar-refractivity contribution in [3.63, 3.8) is 0 Å². The molecule has 0 aliphatic rings. The summed E-state index contributed by atoms with van der Waals surface area (Å²) in [7, 11) is 1.49. The van der Waals surface area contributed by atoms with Crippen LogP contribution in [0.3, 0.4) is 0 Å². The Hall–Kier alpha value is -3.26. The summed E-state index contributed by atoms with van der Waals surface area (Å²) in [4.78, 5) is 12.3. The van der Waals surface area contributed by atoms with Crippen molar-refractivity contribution < 1.29 is 19.0 Å². The highest BCUT2D eigenvalue weighted by molar-refractivity contribution is 5.75. The first-order valence-corrected chi connectivity index (χ1v) is 8.93. The van der Waals surface area contributed by atoms with Crippen molar-refractivity contribution in [2.75, 3.05) is 13.7 Å². The minimum atomic E-state index is -0.529. The molecular formula is C23H25NO4.